The molecule has 1 saturated heterocycles. The first-order valence-electron chi connectivity index (χ1n) is 6.38. The van der Waals surface area contributed by atoms with Crippen LogP contribution in [0.1, 0.15) is 12.8 Å². The van der Waals surface area contributed by atoms with Gasteiger partial charge in [0.25, 0.3) is 0 Å². The van der Waals surface area contributed by atoms with Crippen LogP contribution in [0, 0.1) is 0 Å². The molecule has 19 heavy (non-hydrogen) atoms. The third-order valence-electron chi connectivity index (χ3n) is 3.18. The number of nitrogens with two attached hydrogens (primary N) is 1. The molecule has 1 heterocycles. The van der Waals surface area contributed by atoms with Crippen LogP contribution in [0.2, 0.25) is 0 Å². The smallest absolute Gasteiger partial charge is 0.320 e. The van der Waals surface area contributed by atoms with E-state index in [1.165, 1.54) is 5.39 Å². The topological polar surface area (TPSA) is 75.4 Å². The van der Waals surface area contributed by atoms with Crippen molar-refractivity contribution < 1.29 is 9.90 Å². The van der Waals surface area contributed by atoms with Crippen molar-refractivity contribution in [3.8, 4) is 0 Å². The SMILES string of the molecule is Nc1cccc2ccccc12.O=C(O)C1CCCN1. The van der Waals surface area contributed by atoms with E-state index >= 15 is 0 Å². The maximum atomic E-state index is 10.1. The van der Waals surface area contributed by atoms with Crippen molar-refractivity contribution in [2.45, 2.75) is 18.9 Å². The number of carbonyl (C=O) groups is 1. The van der Waals surface area contributed by atoms with Gasteiger partial charge < -0.3 is 16.2 Å². The van der Waals surface area contributed by atoms with Crippen LogP contribution in [-0.4, -0.2) is 23.7 Å². The number of aliphatic carboxylic acids is 1. The van der Waals surface area contributed by atoms with Gasteiger partial charge in [0.1, 0.15) is 6.04 Å². The maximum Gasteiger partial charge on any atom is 0.320 e. The Bertz CT molecular complexity index is 558. The minimum atomic E-state index is -0.720. The molecular formula is C15H18N2O2. The number of carboxylic acids is 1. The lowest BCUT2D eigenvalue weighted by molar-refractivity contribution is -0.139. The summed E-state index contributed by atoms with van der Waals surface area (Å²) in [5, 5.41) is 13.5. The zero-order valence-electron chi connectivity index (χ0n) is 10.7. The number of hydrogen-bond acceptors (Lipinski definition) is 3. The minimum absolute atomic E-state index is 0.269. The summed E-state index contributed by atoms with van der Waals surface area (Å²) in [7, 11) is 0. The van der Waals surface area contributed by atoms with Crippen molar-refractivity contribution in [1.82, 2.24) is 5.32 Å². The molecule has 0 saturated carbocycles. The van der Waals surface area contributed by atoms with Crippen molar-refractivity contribution in [3.05, 3.63) is 42.5 Å². The summed E-state index contributed by atoms with van der Waals surface area (Å²) < 4.78 is 0. The van der Waals surface area contributed by atoms with Gasteiger partial charge in [-0.2, -0.15) is 0 Å². The molecule has 0 aliphatic carbocycles. The average molecular weight is 258 g/mol. The van der Waals surface area contributed by atoms with Gasteiger partial charge in [-0.05, 0) is 30.8 Å². The van der Waals surface area contributed by atoms with Crippen LogP contribution in [0.15, 0.2) is 42.5 Å². The summed E-state index contributed by atoms with van der Waals surface area (Å²) in [6.07, 6.45) is 1.78. The van der Waals surface area contributed by atoms with Crippen LogP contribution in [0.25, 0.3) is 10.8 Å². The predicted molar refractivity (Wildman–Crippen MR) is 77.0 cm³/mol. The fraction of sp³-hybridized carbons (Fsp3) is 0.267. The third kappa shape index (κ3) is 3.45. The van der Waals surface area contributed by atoms with E-state index in [4.69, 9.17) is 10.8 Å². The number of nitrogens with one attached hydrogen (secondary N) is 1. The summed E-state index contributed by atoms with van der Waals surface area (Å²) in [5.41, 5.74) is 6.61. The van der Waals surface area contributed by atoms with Gasteiger partial charge in [-0.15, -0.1) is 0 Å². The highest BCUT2D eigenvalue weighted by Gasteiger charge is 2.20. The fourth-order valence-corrected chi connectivity index (χ4v) is 2.15. The van der Waals surface area contributed by atoms with Gasteiger partial charge in [-0.25, -0.2) is 0 Å². The average Bonchev–Trinajstić information content (AvgIpc) is 2.94. The highest BCUT2D eigenvalue weighted by molar-refractivity contribution is 5.92. The Morgan fingerprint density at radius 2 is 1.95 bits per heavy atom. The van der Waals surface area contributed by atoms with E-state index in [2.05, 4.69) is 17.4 Å². The first-order chi connectivity index (χ1) is 9.18. The molecule has 0 bridgehead atoms. The van der Waals surface area contributed by atoms with E-state index in [1.54, 1.807) is 0 Å². The van der Waals surface area contributed by atoms with Crippen LogP contribution < -0.4 is 11.1 Å². The number of hydrogen-bond donors (Lipinski definition) is 3. The van der Waals surface area contributed by atoms with Crippen molar-refractivity contribution in [3.63, 3.8) is 0 Å². The quantitative estimate of drug-likeness (QED) is 0.686. The third-order valence-corrected chi connectivity index (χ3v) is 3.18. The monoisotopic (exact) mass is 258 g/mol. The molecule has 1 unspecified atom stereocenters. The molecule has 2 aromatic carbocycles. The van der Waals surface area contributed by atoms with Gasteiger partial charge >= 0.3 is 5.97 Å². The first kappa shape index (κ1) is 13.4. The molecule has 0 radical (unpaired) electrons. The molecule has 1 atom stereocenters. The number of rotatable bonds is 1. The van der Waals surface area contributed by atoms with Gasteiger partial charge in [-0.1, -0.05) is 36.4 Å². The van der Waals surface area contributed by atoms with Crippen LogP contribution in [0.3, 0.4) is 0 Å². The molecule has 1 fully saturated rings. The maximum absolute atomic E-state index is 10.1. The van der Waals surface area contributed by atoms with E-state index in [9.17, 15) is 4.79 Å². The summed E-state index contributed by atoms with van der Waals surface area (Å²) in [6, 6.07) is 13.8. The Morgan fingerprint density at radius 3 is 2.53 bits per heavy atom. The molecule has 100 valence electrons. The molecule has 2 aromatic rings. The molecular weight excluding hydrogens is 240 g/mol. The summed E-state index contributed by atoms with van der Waals surface area (Å²) >= 11 is 0. The van der Waals surface area contributed by atoms with Crippen molar-refractivity contribution >= 4 is 22.4 Å². The van der Waals surface area contributed by atoms with E-state index in [0.717, 1.165) is 30.5 Å². The molecule has 4 heteroatoms. The second-order valence-corrected chi connectivity index (χ2v) is 4.56. The van der Waals surface area contributed by atoms with Crippen LogP contribution in [0.4, 0.5) is 5.69 Å². The Morgan fingerprint density at radius 1 is 1.21 bits per heavy atom. The Hall–Kier alpha value is -2.07. The summed E-state index contributed by atoms with van der Waals surface area (Å²) in [4.78, 5) is 10.1. The molecule has 4 nitrogen and oxygen atoms in total. The second-order valence-electron chi connectivity index (χ2n) is 4.56. The number of benzene rings is 2. The predicted octanol–water partition coefficient (Wildman–Crippen LogP) is 2.25. The molecule has 4 N–H and O–H groups in total. The highest BCUT2D eigenvalue weighted by Crippen LogP contribution is 2.19. The highest BCUT2D eigenvalue weighted by atomic mass is 16.4. The van der Waals surface area contributed by atoms with Gasteiger partial charge in [0, 0.05) is 11.1 Å². The Balaban J connectivity index is 0.000000148. The normalized spacial score (nSPS) is 17.8. The number of fused-ring (bicyclic) bond motifs is 1. The minimum Gasteiger partial charge on any atom is -0.480 e. The van der Waals surface area contributed by atoms with Gasteiger partial charge in [0.05, 0.1) is 0 Å². The van der Waals surface area contributed by atoms with E-state index < -0.39 is 5.97 Å². The lowest BCUT2D eigenvalue weighted by atomic mass is 10.1. The molecule has 1 aliphatic heterocycles. The van der Waals surface area contributed by atoms with Crippen molar-refractivity contribution in [2.24, 2.45) is 0 Å². The molecule has 0 amide bonds. The van der Waals surface area contributed by atoms with Gasteiger partial charge in [0.2, 0.25) is 0 Å². The number of nitrogen functional groups attached to an aromatic ring is 1. The summed E-state index contributed by atoms with van der Waals surface area (Å²) in [5.74, 6) is -0.720. The summed E-state index contributed by atoms with van der Waals surface area (Å²) in [6.45, 7) is 0.858. The first-order valence-corrected chi connectivity index (χ1v) is 6.38. The molecule has 0 aromatic heterocycles. The molecule has 3 rings (SSSR count). The van der Waals surface area contributed by atoms with E-state index in [-0.39, 0.29) is 6.04 Å². The van der Waals surface area contributed by atoms with E-state index in [0.29, 0.717) is 0 Å². The second kappa shape index (κ2) is 6.20. The fourth-order valence-electron chi connectivity index (χ4n) is 2.15. The Labute approximate surface area is 112 Å². The van der Waals surface area contributed by atoms with Crippen molar-refractivity contribution in [1.29, 1.82) is 0 Å². The zero-order valence-corrected chi connectivity index (χ0v) is 10.7. The molecule has 0 spiro atoms. The largest absolute Gasteiger partial charge is 0.480 e. The zero-order chi connectivity index (χ0) is 13.7. The molecule has 1 aliphatic rings. The number of carboxylic acid groups (broad SMARTS) is 1. The lowest BCUT2D eigenvalue weighted by Gasteiger charge is -1.99. The van der Waals surface area contributed by atoms with Crippen molar-refractivity contribution in [2.75, 3.05) is 12.3 Å². The van der Waals surface area contributed by atoms with Crippen LogP contribution in [-0.2, 0) is 4.79 Å². The van der Waals surface area contributed by atoms with E-state index in [1.807, 2.05) is 30.3 Å². The standard InChI is InChI=1S/C10H9N.C5H9NO2/c11-10-7-3-5-8-4-1-2-6-9(8)10;7-5(8)4-2-1-3-6-4/h1-7H,11H2;4,6H,1-3H2,(H,7,8). The lowest BCUT2D eigenvalue weighted by Crippen LogP contribution is -2.29. The number of anilines is 1. The Kier molecular flexibility index (Phi) is 4.36. The van der Waals surface area contributed by atoms with Gasteiger partial charge in [-0.3, -0.25) is 4.79 Å². The van der Waals surface area contributed by atoms with Gasteiger partial charge in [0.15, 0.2) is 0 Å². The van der Waals surface area contributed by atoms with Crippen LogP contribution in [0.5, 0.6) is 0 Å². The van der Waals surface area contributed by atoms with Crippen LogP contribution >= 0.6 is 0 Å².